The summed E-state index contributed by atoms with van der Waals surface area (Å²) in [6.07, 6.45) is 15.7. The summed E-state index contributed by atoms with van der Waals surface area (Å²) in [5.41, 5.74) is 26.1. The first-order valence-corrected chi connectivity index (χ1v) is 33.3. The number of methoxy groups -OCH3 is 2. The summed E-state index contributed by atoms with van der Waals surface area (Å²) in [4.78, 5) is 85.8. The molecule has 0 unspecified atom stereocenters. The Bertz CT molecular complexity index is 4810. The minimum absolute atomic E-state index is 0.0657. The molecule has 18 nitrogen and oxygen atoms in total. The van der Waals surface area contributed by atoms with Crippen LogP contribution in [0.2, 0.25) is 0 Å². The number of hydrogen-bond donors (Lipinski definition) is 6. The molecule has 96 heavy (non-hydrogen) atoms. The highest BCUT2D eigenvalue weighted by molar-refractivity contribution is 6.23. The minimum Gasteiger partial charge on any atom is -0.511 e. The largest absolute Gasteiger partial charge is 0.511 e. The molecule has 6 N–H and O–H groups in total. The Morgan fingerprint density at radius 1 is 0.531 bits per heavy atom. The van der Waals surface area contributed by atoms with E-state index in [2.05, 4.69) is 75.0 Å². The van der Waals surface area contributed by atoms with Crippen molar-refractivity contribution in [3.05, 3.63) is 230 Å². The lowest BCUT2D eigenvalue weighted by Crippen LogP contribution is -2.27. The third-order valence-electron chi connectivity index (χ3n) is 21.4. The van der Waals surface area contributed by atoms with Gasteiger partial charge in [-0.05, 0) is 177 Å². The Balaban J connectivity index is 0.745. The van der Waals surface area contributed by atoms with E-state index < -0.39 is 0 Å². The van der Waals surface area contributed by atoms with Crippen molar-refractivity contribution >= 4 is 68.8 Å². The number of aliphatic hydroxyl groups is 2. The number of nitrogens with zero attached hydrogens (tertiary/aromatic N) is 6. The average Bonchev–Trinajstić information content (AvgIpc) is 1.58. The lowest BCUT2D eigenvalue weighted by Gasteiger charge is -2.17. The maximum atomic E-state index is 14.7. The van der Waals surface area contributed by atoms with E-state index >= 15 is 0 Å². The Labute approximate surface area is 558 Å². The zero-order chi connectivity index (χ0) is 67.4. The summed E-state index contributed by atoms with van der Waals surface area (Å²) in [7, 11) is 2.80. The van der Waals surface area contributed by atoms with Crippen LogP contribution in [0.15, 0.2) is 249 Å². The molecule has 18 heteroatoms. The van der Waals surface area contributed by atoms with E-state index in [9.17, 15) is 29.4 Å². The van der Waals surface area contributed by atoms with Crippen LogP contribution in [0.4, 0.5) is 0 Å². The number of allylic oxidation sites excluding steroid dienone is 22. The third-order valence-corrected chi connectivity index (χ3v) is 21.4. The smallest absolute Gasteiger partial charge is 0.305 e. The summed E-state index contributed by atoms with van der Waals surface area (Å²) in [5.74, 6) is -1.00. The van der Waals surface area contributed by atoms with Crippen molar-refractivity contribution in [3.63, 3.8) is 0 Å². The Morgan fingerprint density at radius 3 is 1.41 bits per heavy atom. The molecule has 2 amide bonds. The number of benzene rings is 2. The van der Waals surface area contributed by atoms with Crippen LogP contribution in [0.1, 0.15) is 141 Å². The van der Waals surface area contributed by atoms with E-state index in [0.29, 0.717) is 59.0 Å². The van der Waals surface area contributed by atoms with E-state index in [0.717, 1.165) is 171 Å². The molecular formula is C78H78N10O8. The van der Waals surface area contributed by atoms with Crippen molar-refractivity contribution in [2.24, 2.45) is 53.6 Å². The molecule has 4 atom stereocenters. The Hall–Kier alpha value is -10.4. The van der Waals surface area contributed by atoms with Crippen LogP contribution in [0.3, 0.4) is 0 Å². The predicted octanol–water partition coefficient (Wildman–Crippen LogP) is 13.5. The number of carbonyl (C=O) groups excluding carboxylic acids is 4. The fourth-order valence-corrected chi connectivity index (χ4v) is 15.7. The summed E-state index contributed by atoms with van der Waals surface area (Å²) in [5, 5.41) is 38.5. The van der Waals surface area contributed by atoms with Crippen molar-refractivity contribution < 1.29 is 38.9 Å². The van der Waals surface area contributed by atoms with Gasteiger partial charge in [-0.2, -0.15) is 0 Å². The van der Waals surface area contributed by atoms with E-state index in [1.165, 1.54) is 14.2 Å². The fraction of sp³-hybridized carbons (Fsp3) is 0.333. The first-order valence-electron chi connectivity index (χ1n) is 33.3. The minimum atomic E-state index is -0.302. The zero-order valence-corrected chi connectivity index (χ0v) is 56.3. The molecule has 10 aliphatic heterocycles. The molecule has 2 aliphatic carbocycles. The van der Waals surface area contributed by atoms with Gasteiger partial charge >= 0.3 is 11.9 Å². The monoisotopic (exact) mass is 1280 g/mol. The van der Waals surface area contributed by atoms with Gasteiger partial charge in [0, 0.05) is 130 Å². The van der Waals surface area contributed by atoms with Crippen LogP contribution in [0, 0.1) is 23.7 Å². The number of nitrogens with one attached hydrogen (secondary N) is 4. The standard InChI is InChI=1S/C78H78N10O8/c1-13-45-35(3)57-29-65-53(39(7)55(83-65)27-59-37(5)47(20-22-69(91)95-11)73(85-59)51-25-67(89)71-41(9)61(87-75(51)71)31-63(45)81-57)33-79-77(93)44-18-19-49-43(24-44)16-15-17-50(49)78(94)80-34-54-40(8)56-28-60-38(6)48(21-23-70(92)96-12)74(86-60)52-26-68(90)72-42(10)62(88-76(52)72)32-64-46(14-2)36(4)58(82-64)30-66(54)84-56/h15-19,24,27-32,37-38,47-48,85-86,89-90H,13-14,20-23,25-26,33-34H2,1-12H3,(H,79,93)(H,80,94)/t37-,38-,47-,48-/m0/s1. The molecule has 0 aromatic heterocycles. The molecule has 16 bridgehead atoms. The molecule has 488 valence electrons. The number of ether oxygens (including phenoxy) is 2. The number of carbonyl (C=O) groups is 4. The van der Waals surface area contributed by atoms with Crippen LogP contribution >= 0.6 is 0 Å². The molecule has 0 spiro atoms. The van der Waals surface area contributed by atoms with Crippen molar-refractivity contribution in [2.75, 3.05) is 27.3 Å². The molecule has 2 aromatic rings. The molecule has 2 saturated heterocycles. The molecule has 0 saturated carbocycles. The van der Waals surface area contributed by atoms with Gasteiger partial charge in [-0.25, -0.2) is 30.0 Å². The van der Waals surface area contributed by atoms with Crippen molar-refractivity contribution in [2.45, 2.75) is 121 Å². The highest BCUT2D eigenvalue weighted by Gasteiger charge is 2.44. The van der Waals surface area contributed by atoms with Crippen LogP contribution in [-0.4, -0.2) is 95.5 Å². The summed E-state index contributed by atoms with van der Waals surface area (Å²) < 4.78 is 10.2. The highest BCUT2D eigenvalue weighted by atomic mass is 16.5. The first kappa shape index (κ1) is 63.1. The molecular weight excluding hydrogens is 1200 g/mol. The van der Waals surface area contributed by atoms with Gasteiger partial charge in [0.1, 0.15) is 11.5 Å². The molecule has 2 aromatic carbocycles. The van der Waals surface area contributed by atoms with Crippen LogP contribution < -0.4 is 21.3 Å². The second-order valence-corrected chi connectivity index (χ2v) is 26.5. The van der Waals surface area contributed by atoms with Gasteiger partial charge in [-0.1, -0.05) is 45.9 Å². The van der Waals surface area contributed by atoms with Crippen molar-refractivity contribution in [3.8, 4) is 0 Å². The van der Waals surface area contributed by atoms with Crippen LogP contribution in [0.25, 0.3) is 10.8 Å². The fourth-order valence-electron chi connectivity index (χ4n) is 15.7. The number of rotatable bonds is 14. The zero-order valence-electron chi connectivity index (χ0n) is 56.3. The number of aliphatic hydroxyl groups excluding tert-OH is 2. The van der Waals surface area contributed by atoms with Crippen LogP contribution in [0.5, 0.6) is 0 Å². The van der Waals surface area contributed by atoms with Crippen molar-refractivity contribution in [1.29, 1.82) is 0 Å². The highest BCUT2D eigenvalue weighted by Crippen LogP contribution is 2.49. The lowest BCUT2D eigenvalue weighted by atomic mass is 9.86. The lowest BCUT2D eigenvalue weighted by molar-refractivity contribution is -0.141. The number of esters is 2. The van der Waals surface area contributed by atoms with E-state index in [4.69, 9.17) is 39.4 Å². The second-order valence-electron chi connectivity index (χ2n) is 26.5. The van der Waals surface area contributed by atoms with Gasteiger partial charge < -0.3 is 41.0 Å². The van der Waals surface area contributed by atoms with Gasteiger partial charge in [-0.15, -0.1) is 0 Å². The van der Waals surface area contributed by atoms with E-state index in [1.807, 2.05) is 76.3 Å². The van der Waals surface area contributed by atoms with E-state index in [1.54, 1.807) is 12.1 Å². The number of hydrogen-bond acceptors (Lipinski definition) is 16. The number of amides is 2. The second kappa shape index (κ2) is 24.4. The first-order chi connectivity index (χ1) is 46.2. The topological polar surface area (TPSA) is 249 Å². The van der Waals surface area contributed by atoms with Crippen LogP contribution in [-0.2, 0) is 19.1 Å². The molecule has 2 fully saturated rings. The van der Waals surface area contributed by atoms with Crippen molar-refractivity contribution in [1.82, 2.24) is 21.3 Å². The normalized spacial score (nSPS) is 23.2. The van der Waals surface area contributed by atoms with Gasteiger partial charge in [0.15, 0.2) is 0 Å². The van der Waals surface area contributed by atoms with Gasteiger partial charge in [0.2, 0.25) is 0 Å². The number of fused-ring (bicyclic) bond motifs is 11. The van der Waals surface area contributed by atoms with Gasteiger partial charge in [0.25, 0.3) is 11.8 Å². The summed E-state index contributed by atoms with van der Waals surface area (Å²) in [6.45, 7) is 21.0. The molecule has 14 rings (SSSR count). The third kappa shape index (κ3) is 10.6. The van der Waals surface area contributed by atoms with Gasteiger partial charge in [0.05, 0.1) is 82.7 Å². The maximum Gasteiger partial charge on any atom is 0.305 e. The number of aliphatic imine (C=N–C) groups is 6. The molecule has 0 radical (unpaired) electrons. The average molecular weight is 1280 g/mol. The van der Waals surface area contributed by atoms with E-state index in [-0.39, 0.29) is 84.9 Å². The molecule has 12 aliphatic rings. The Kier molecular flexibility index (Phi) is 16.1. The summed E-state index contributed by atoms with van der Waals surface area (Å²) in [6, 6.07) is 10.9. The maximum absolute atomic E-state index is 14.7. The Morgan fingerprint density at radius 2 is 0.958 bits per heavy atom. The quantitative estimate of drug-likeness (QED) is 0.0976. The SMILES string of the molecule is CCC1=C(C)C2=NC1=CC1=C(C)C3=C(O)CC(=C4NC(=CC5=NC(=C2)C(CNC(=O)c2ccc6c(C(=O)NCC7=C(C)C8=NC7=CC7=NC(=CC9=C(C)C%10=C(O)CC(=C%11NC(=C8)[C@@H](C)[C@@H]%11CCC(=O)OC)C%10=N9)C(CC)=C7C)cccc6c2)=C5C)[C@@H](C)[C@@H]4CCC(=O)OC)C3=N1. The van der Waals surface area contributed by atoms with Gasteiger partial charge in [-0.3, -0.25) is 19.2 Å². The molecule has 10 heterocycles. The predicted molar refractivity (Wildman–Crippen MR) is 375 cm³/mol. The summed E-state index contributed by atoms with van der Waals surface area (Å²) >= 11 is 0.